The Labute approximate surface area is 118 Å². The Balaban J connectivity index is 2.31. The summed E-state index contributed by atoms with van der Waals surface area (Å²) < 4.78 is 0. The average molecular weight is 262 g/mol. The lowest BCUT2D eigenvalue weighted by atomic mass is 10.0. The van der Waals surface area contributed by atoms with Crippen molar-refractivity contribution in [1.29, 1.82) is 10.5 Å². The highest BCUT2D eigenvalue weighted by molar-refractivity contribution is 5.53. The summed E-state index contributed by atoms with van der Waals surface area (Å²) in [4.78, 5) is 6.24. The third-order valence-electron chi connectivity index (χ3n) is 3.16. The van der Waals surface area contributed by atoms with E-state index >= 15 is 0 Å². The van der Waals surface area contributed by atoms with Gasteiger partial charge in [-0.2, -0.15) is 10.5 Å². The van der Waals surface area contributed by atoms with Gasteiger partial charge in [0.05, 0.1) is 0 Å². The lowest BCUT2D eigenvalue weighted by Crippen LogP contribution is -2.22. The van der Waals surface area contributed by atoms with Crippen molar-refractivity contribution >= 4 is 0 Å². The summed E-state index contributed by atoms with van der Waals surface area (Å²) in [5.74, 6) is 0. The van der Waals surface area contributed by atoms with Crippen LogP contribution >= 0.6 is 0 Å². The van der Waals surface area contributed by atoms with Gasteiger partial charge in [0.15, 0.2) is 0 Å². The summed E-state index contributed by atoms with van der Waals surface area (Å²) in [6.07, 6.45) is 7.32. The van der Waals surface area contributed by atoms with E-state index in [0.717, 1.165) is 23.5 Å². The number of hydrogen-bond acceptors (Lipinski definition) is 4. The predicted molar refractivity (Wildman–Crippen MR) is 75.5 cm³/mol. The van der Waals surface area contributed by atoms with Crippen molar-refractivity contribution in [3.05, 3.63) is 64.8 Å². The van der Waals surface area contributed by atoms with Gasteiger partial charge in [-0.3, -0.25) is 4.98 Å². The molecule has 0 spiro atoms. The molecule has 0 aliphatic carbocycles. The van der Waals surface area contributed by atoms with Crippen molar-refractivity contribution < 1.29 is 0 Å². The number of nitriles is 2. The normalized spacial score (nSPS) is 14.0. The van der Waals surface area contributed by atoms with Crippen LogP contribution in [-0.2, 0) is 6.54 Å². The molecule has 98 valence electrons. The topological polar surface area (TPSA) is 63.7 Å². The Morgan fingerprint density at radius 1 is 1.20 bits per heavy atom. The molecule has 0 aromatic carbocycles. The number of hydrogen-bond donors (Lipinski definition) is 0. The molecule has 0 saturated heterocycles. The third-order valence-corrected chi connectivity index (χ3v) is 3.16. The van der Waals surface area contributed by atoms with Gasteiger partial charge in [-0.15, -0.1) is 0 Å². The molecule has 0 amide bonds. The molecular weight excluding hydrogens is 248 g/mol. The van der Waals surface area contributed by atoms with Crippen LogP contribution in [0.25, 0.3) is 0 Å². The summed E-state index contributed by atoms with van der Waals surface area (Å²) in [6, 6.07) is 7.79. The van der Waals surface area contributed by atoms with E-state index in [1.54, 1.807) is 6.20 Å². The molecule has 1 aromatic rings. The molecule has 4 nitrogen and oxygen atoms in total. The molecule has 1 aliphatic heterocycles. The van der Waals surface area contributed by atoms with E-state index < -0.39 is 0 Å². The lowest BCUT2D eigenvalue weighted by molar-refractivity contribution is 0.417. The summed E-state index contributed by atoms with van der Waals surface area (Å²) in [7, 11) is 0. The van der Waals surface area contributed by atoms with Crippen LogP contribution in [0.15, 0.2) is 59.2 Å². The Hall–Kier alpha value is -2.85. The smallest absolute Gasteiger partial charge is 0.137 e. The van der Waals surface area contributed by atoms with Crippen LogP contribution < -0.4 is 0 Å². The molecule has 0 unspecified atom stereocenters. The first kappa shape index (κ1) is 13.6. The molecule has 20 heavy (non-hydrogen) atoms. The zero-order valence-electron chi connectivity index (χ0n) is 11.5. The van der Waals surface area contributed by atoms with Crippen molar-refractivity contribution in [3.8, 4) is 12.1 Å². The lowest BCUT2D eigenvalue weighted by Gasteiger charge is -2.29. The fourth-order valence-corrected chi connectivity index (χ4v) is 2.15. The highest BCUT2D eigenvalue weighted by Gasteiger charge is 2.16. The molecule has 2 heterocycles. The van der Waals surface area contributed by atoms with Crippen molar-refractivity contribution in [1.82, 2.24) is 9.88 Å². The Bertz CT molecular complexity index is 643. The van der Waals surface area contributed by atoms with Crippen molar-refractivity contribution in [2.75, 3.05) is 0 Å². The molecule has 0 radical (unpaired) electrons. The Kier molecular flexibility index (Phi) is 3.98. The van der Waals surface area contributed by atoms with Crippen LogP contribution in [0, 0.1) is 22.7 Å². The summed E-state index contributed by atoms with van der Waals surface area (Å²) in [5, 5.41) is 17.9. The van der Waals surface area contributed by atoms with Gasteiger partial charge in [-0.1, -0.05) is 6.07 Å². The van der Waals surface area contributed by atoms with Gasteiger partial charge in [0.2, 0.25) is 0 Å². The first-order valence-electron chi connectivity index (χ1n) is 6.23. The predicted octanol–water partition coefficient (Wildman–Crippen LogP) is 3.05. The minimum atomic E-state index is 0.143. The molecule has 4 heteroatoms. The van der Waals surface area contributed by atoms with Crippen LogP contribution in [0.5, 0.6) is 0 Å². The quantitative estimate of drug-likeness (QED) is 0.768. The van der Waals surface area contributed by atoms with Gasteiger partial charge in [0.25, 0.3) is 0 Å². The SMILES string of the molecule is CC1=CC(=C(C#N)C#N)C=C(C)N1Cc1cccnc1. The Morgan fingerprint density at radius 2 is 1.85 bits per heavy atom. The van der Waals surface area contributed by atoms with Crippen molar-refractivity contribution in [2.24, 2.45) is 0 Å². The molecule has 2 rings (SSSR count). The third kappa shape index (κ3) is 2.76. The molecular formula is C16H14N4. The van der Waals surface area contributed by atoms with Crippen LogP contribution in [-0.4, -0.2) is 9.88 Å². The van der Waals surface area contributed by atoms with Gasteiger partial charge in [-0.05, 0) is 37.6 Å². The van der Waals surface area contributed by atoms with Crippen LogP contribution in [0.3, 0.4) is 0 Å². The zero-order chi connectivity index (χ0) is 14.5. The maximum atomic E-state index is 8.94. The molecule has 1 aromatic heterocycles. The van der Waals surface area contributed by atoms with E-state index in [-0.39, 0.29) is 5.57 Å². The number of pyridine rings is 1. The fraction of sp³-hybridized carbons (Fsp3) is 0.188. The van der Waals surface area contributed by atoms with E-state index in [9.17, 15) is 0 Å². The highest BCUT2D eigenvalue weighted by Crippen LogP contribution is 2.26. The van der Waals surface area contributed by atoms with Crippen LogP contribution in [0.4, 0.5) is 0 Å². The second-order valence-electron chi connectivity index (χ2n) is 4.57. The first-order chi connectivity index (χ1) is 9.65. The summed E-state index contributed by atoms with van der Waals surface area (Å²) in [6.45, 7) is 4.67. The largest absolute Gasteiger partial charge is 0.345 e. The standard InChI is InChI=1S/C16H14N4/c1-12-6-15(16(8-17)9-18)7-13(2)20(12)11-14-4-3-5-19-10-14/h3-7,10H,11H2,1-2H3. The second kappa shape index (κ2) is 5.86. The van der Waals surface area contributed by atoms with Crippen LogP contribution in [0.2, 0.25) is 0 Å². The molecule has 1 aliphatic rings. The first-order valence-corrected chi connectivity index (χ1v) is 6.23. The number of allylic oxidation sites excluding steroid dienone is 6. The number of aromatic nitrogens is 1. The van der Waals surface area contributed by atoms with E-state index in [4.69, 9.17) is 10.5 Å². The minimum Gasteiger partial charge on any atom is -0.345 e. The molecule has 0 saturated carbocycles. The second-order valence-corrected chi connectivity index (χ2v) is 4.57. The summed E-state index contributed by atoms with van der Waals surface area (Å²) in [5.41, 5.74) is 3.94. The maximum Gasteiger partial charge on any atom is 0.137 e. The van der Waals surface area contributed by atoms with E-state index in [1.165, 1.54) is 0 Å². The fourth-order valence-electron chi connectivity index (χ4n) is 2.15. The van der Waals surface area contributed by atoms with E-state index in [1.807, 2.05) is 56.5 Å². The van der Waals surface area contributed by atoms with Gasteiger partial charge >= 0.3 is 0 Å². The minimum absolute atomic E-state index is 0.143. The van der Waals surface area contributed by atoms with Crippen molar-refractivity contribution in [2.45, 2.75) is 20.4 Å². The Morgan fingerprint density at radius 3 is 2.35 bits per heavy atom. The average Bonchev–Trinajstić information content (AvgIpc) is 2.45. The van der Waals surface area contributed by atoms with Crippen molar-refractivity contribution in [3.63, 3.8) is 0 Å². The molecule has 0 atom stereocenters. The number of rotatable bonds is 2. The summed E-state index contributed by atoms with van der Waals surface area (Å²) >= 11 is 0. The zero-order valence-corrected chi connectivity index (χ0v) is 11.5. The number of nitrogens with zero attached hydrogens (tertiary/aromatic N) is 4. The van der Waals surface area contributed by atoms with Crippen LogP contribution in [0.1, 0.15) is 19.4 Å². The molecule has 0 bridgehead atoms. The monoisotopic (exact) mass is 262 g/mol. The highest BCUT2D eigenvalue weighted by atomic mass is 15.1. The van der Waals surface area contributed by atoms with E-state index in [0.29, 0.717) is 5.57 Å². The molecule has 0 fully saturated rings. The van der Waals surface area contributed by atoms with Gasteiger partial charge in [0, 0.05) is 35.9 Å². The van der Waals surface area contributed by atoms with Gasteiger partial charge < -0.3 is 4.90 Å². The maximum absolute atomic E-state index is 8.94. The molecule has 0 N–H and O–H groups in total. The van der Waals surface area contributed by atoms with E-state index in [2.05, 4.69) is 9.88 Å². The van der Waals surface area contributed by atoms with Gasteiger partial charge in [0.1, 0.15) is 17.7 Å². The van der Waals surface area contributed by atoms with Gasteiger partial charge in [-0.25, -0.2) is 0 Å².